The molecule has 9 nitrogen and oxygen atoms in total. The number of benzene rings is 2. The van der Waals surface area contributed by atoms with E-state index in [2.05, 4.69) is 5.32 Å². The predicted octanol–water partition coefficient (Wildman–Crippen LogP) is 2.55. The van der Waals surface area contributed by atoms with Gasteiger partial charge in [-0.25, -0.2) is 4.79 Å². The van der Waals surface area contributed by atoms with Crippen molar-refractivity contribution in [2.75, 3.05) is 19.0 Å². The summed E-state index contributed by atoms with van der Waals surface area (Å²) >= 11 is 0. The number of carbonyl (C=O) groups excluding carboxylic acids is 2. The van der Waals surface area contributed by atoms with E-state index < -0.39 is 29.5 Å². The third-order valence-corrected chi connectivity index (χ3v) is 3.42. The number of ether oxygens (including phenoxy) is 3. The van der Waals surface area contributed by atoms with Crippen LogP contribution in [-0.4, -0.2) is 36.6 Å². The molecule has 0 aliphatic carbocycles. The van der Waals surface area contributed by atoms with Gasteiger partial charge >= 0.3 is 5.97 Å². The maximum atomic E-state index is 12.1. The van der Waals surface area contributed by atoms with Crippen LogP contribution in [0.25, 0.3) is 0 Å². The Morgan fingerprint density at radius 1 is 1.15 bits per heavy atom. The average molecular weight is 374 g/mol. The predicted molar refractivity (Wildman–Crippen MR) is 95.8 cm³/mol. The van der Waals surface area contributed by atoms with E-state index in [1.807, 2.05) is 0 Å². The molecule has 9 heteroatoms. The van der Waals surface area contributed by atoms with E-state index in [9.17, 15) is 19.7 Å². The van der Waals surface area contributed by atoms with Gasteiger partial charge in [0.05, 0.1) is 12.0 Å². The van der Waals surface area contributed by atoms with Gasteiger partial charge in [-0.1, -0.05) is 6.07 Å². The van der Waals surface area contributed by atoms with Crippen LogP contribution in [0.15, 0.2) is 48.5 Å². The Hall–Kier alpha value is -3.62. The van der Waals surface area contributed by atoms with Crippen LogP contribution in [0.1, 0.15) is 6.92 Å². The van der Waals surface area contributed by atoms with E-state index in [1.165, 1.54) is 38.3 Å². The Bertz CT molecular complexity index is 821. The molecule has 142 valence electrons. The molecule has 0 spiro atoms. The molecule has 0 bridgehead atoms. The molecule has 0 aromatic heterocycles. The molecular formula is C18H18N2O7. The third-order valence-electron chi connectivity index (χ3n) is 3.42. The molecule has 1 amide bonds. The normalized spacial score (nSPS) is 11.2. The minimum Gasteiger partial charge on any atom is -0.497 e. The van der Waals surface area contributed by atoms with Crippen molar-refractivity contribution in [2.24, 2.45) is 0 Å². The highest BCUT2D eigenvalue weighted by molar-refractivity contribution is 5.95. The number of hydrogen-bond donors (Lipinski definition) is 1. The van der Waals surface area contributed by atoms with Gasteiger partial charge in [-0.2, -0.15) is 0 Å². The van der Waals surface area contributed by atoms with E-state index in [1.54, 1.807) is 24.3 Å². The number of esters is 1. The Morgan fingerprint density at radius 3 is 2.48 bits per heavy atom. The maximum absolute atomic E-state index is 12.1. The molecule has 2 aromatic carbocycles. The zero-order chi connectivity index (χ0) is 19.8. The van der Waals surface area contributed by atoms with E-state index in [0.717, 1.165) is 0 Å². The molecule has 0 aliphatic rings. The highest BCUT2D eigenvalue weighted by Gasteiger charge is 2.18. The van der Waals surface area contributed by atoms with E-state index in [4.69, 9.17) is 14.2 Å². The van der Waals surface area contributed by atoms with Crippen LogP contribution in [0.5, 0.6) is 11.5 Å². The van der Waals surface area contributed by atoms with Gasteiger partial charge in [0.1, 0.15) is 11.5 Å². The molecule has 0 saturated heterocycles. The van der Waals surface area contributed by atoms with Gasteiger partial charge in [-0.15, -0.1) is 0 Å². The molecule has 1 atom stereocenters. The van der Waals surface area contributed by atoms with Crippen LogP contribution in [0.3, 0.4) is 0 Å². The van der Waals surface area contributed by atoms with Crippen LogP contribution < -0.4 is 14.8 Å². The molecule has 2 aromatic rings. The van der Waals surface area contributed by atoms with Gasteiger partial charge in [0.25, 0.3) is 11.6 Å². The van der Waals surface area contributed by atoms with Crippen molar-refractivity contribution in [1.29, 1.82) is 0 Å². The Morgan fingerprint density at radius 2 is 1.85 bits per heavy atom. The molecule has 0 saturated carbocycles. The Kier molecular flexibility index (Phi) is 6.70. The van der Waals surface area contributed by atoms with Crippen LogP contribution in [0.2, 0.25) is 0 Å². The SMILES string of the molecule is COc1cccc(NC(=O)[C@H](C)OC(=O)COc2ccc([N+](=O)[O-])cc2)c1. The molecule has 2 rings (SSSR count). The van der Waals surface area contributed by atoms with Crippen LogP contribution in [-0.2, 0) is 14.3 Å². The third kappa shape index (κ3) is 5.99. The molecule has 0 unspecified atom stereocenters. The number of carbonyl (C=O) groups is 2. The monoisotopic (exact) mass is 374 g/mol. The zero-order valence-electron chi connectivity index (χ0n) is 14.7. The minimum atomic E-state index is -1.04. The molecule has 0 heterocycles. The number of nitrogens with zero attached hydrogens (tertiary/aromatic N) is 1. The maximum Gasteiger partial charge on any atom is 0.344 e. The summed E-state index contributed by atoms with van der Waals surface area (Å²) in [5, 5.41) is 13.2. The number of non-ortho nitro benzene ring substituents is 1. The fraction of sp³-hybridized carbons (Fsp3) is 0.222. The van der Waals surface area contributed by atoms with Crippen molar-refractivity contribution in [2.45, 2.75) is 13.0 Å². The molecule has 0 fully saturated rings. The van der Waals surface area contributed by atoms with E-state index in [-0.39, 0.29) is 11.4 Å². The molecule has 0 aliphatic heterocycles. The minimum absolute atomic E-state index is 0.0900. The molecule has 27 heavy (non-hydrogen) atoms. The number of nitro groups is 1. The van der Waals surface area contributed by atoms with E-state index >= 15 is 0 Å². The van der Waals surface area contributed by atoms with Gasteiger partial charge in [-0.05, 0) is 31.2 Å². The highest BCUT2D eigenvalue weighted by Crippen LogP contribution is 2.18. The lowest BCUT2D eigenvalue weighted by Crippen LogP contribution is -2.31. The lowest BCUT2D eigenvalue weighted by molar-refractivity contribution is -0.384. The standard InChI is InChI=1S/C18H18N2O7/c1-12(18(22)19-13-4-3-5-16(10-13)25-2)27-17(21)11-26-15-8-6-14(7-9-15)20(23)24/h3-10,12H,11H2,1-2H3,(H,19,22)/t12-/m0/s1. The van der Waals surface area contributed by atoms with Crippen molar-refractivity contribution in [3.63, 3.8) is 0 Å². The smallest absolute Gasteiger partial charge is 0.344 e. The molecule has 1 N–H and O–H groups in total. The number of methoxy groups -OCH3 is 1. The molecule has 0 radical (unpaired) electrons. The summed E-state index contributed by atoms with van der Waals surface area (Å²) in [6, 6.07) is 12.0. The summed E-state index contributed by atoms with van der Waals surface area (Å²) < 4.78 is 15.3. The quantitative estimate of drug-likeness (QED) is 0.429. The summed E-state index contributed by atoms with van der Waals surface area (Å²) in [4.78, 5) is 33.9. The van der Waals surface area contributed by atoms with Gasteiger partial charge in [0.15, 0.2) is 12.7 Å². The van der Waals surface area contributed by atoms with Crippen LogP contribution >= 0.6 is 0 Å². The Labute approximate surface area is 155 Å². The first-order valence-corrected chi connectivity index (χ1v) is 7.90. The van der Waals surface area contributed by atoms with Crippen molar-refractivity contribution in [3.8, 4) is 11.5 Å². The fourth-order valence-electron chi connectivity index (χ4n) is 2.04. The zero-order valence-corrected chi connectivity index (χ0v) is 14.7. The number of anilines is 1. The highest BCUT2D eigenvalue weighted by atomic mass is 16.6. The van der Waals surface area contributed by atoms with Crippen molar-refractivity contribution in [1.82, 2.24) is 0 Å². The summed E-state index contributed by atoms with van der Waals surface area (Å²) in [5.74, 6) is -0.409. The number of nitro benzene ring substituents is 1. The number of hydrogen-bond acceptors (Lipinski definition) is 7. The van der Waals surface area contributed by atoms with Gasteiger partial charge in [0.2, 0.25) is 0 Å². The lowest BCUT2D eigenvalue weighted by Gasteiger charge is -2.14. The largest absolute Gasteiger partial charge is 0.497 e. The van der Waals surface area contributed by atoms with E-state index in [0.29, 0.717) is 11.4 Å². The summed E-state index contributed by atoms with van der Waals surface area (Å²) in [6.45, 7) is 0.994. The first kappa shape index (κ1) is 19.7. The number of rotatable bonds is 8. The second kappa shape index (κ2) is 9.18. The average Bonchev–Trinajstić information content (AvgIpc) is 2.66. The molecular weight excluding hydrogens is 356 g/mol. The van der Waals surface area contributed by atoms with Gasteiger partial charge in [0, 0.05) is 23.9 Å². The van der Waals surface area contributed by atoms with Crippen molar-refractivity contribution >= 4 is 23.3 Å². The van der Waals surface area contributed by atoms with Crippen LogP contribution in [0, 0.1) is 10.1 Å². The van der Waals surface area contributed by atoms with Crippen molar-refractivity contribution in [3.05, 3.63) is 58.6 Å². The number of nitrogens with one attached hydrogen (secondary N) is 1. The number of amides is 1. The van der Waals surface area contributed by atoms with Crippen LogP contribution in [0.4, 0.5) is 11.4 Å². The second-order valence-corrected chi connectivity index (χ2v) is 5.39. The Balaban J connectivity index is 1.81. The first-order chi connectivity index (χ1) is 12.9. The van der Waals surface area contributed by atoms with Gasteiger partial charge < -0.3 is 19.5 Å². The summed E-state index contributed by atoms with van der Waals surface area (Å²) in [7, 11) is 1.51. The second-order valence-electron chi connectivity index (χ2n) is 5.39. The van der Waals surface area contributed by atoms with Gasteiger partial charge in [-0.3, -0.25) is 14.9 Å². The first-order valence-electron chi connectivity index (χ1n) is 7.90. The lowest BCUT2D eigenvalue weighted by atomic mass is 10.3. The fourth-order valence-corrected chi connectivity index (χ4v) is 2.04. The summed E-state index contributed by atoms with van der Waals surface area (Å²) in [5.41, 5.74) is 0.414. The topological polar surface area (TPSA) is 117 Å². The summed E-state index contributed by atoms with van der Waals surface area (Å²) in [6.07, 6.45) is -1.04. The van der Waals surface area contributed by atoms with Crippen molar-refractivity contribution < 1.29 is 28.7 Å².